The van der Waals surface area contributed by atoms with Crippen LogP contribution >= 0.6 is 23.2 Å². The van der Waals surface area contributed by atoms with Crippen LogP contribution in [0.3, 0.4) is 0 Å². The number of nitrogens with zero attached hydrogens (tertiary/aromatic N) is 3. The zero-order valence-corrected chi connectivity index (χ0v) is 17.1. The van der Waals surface area contributed by atoms with Crippen molar-refractivity contribution in [1.29, 1.82) is 0 Å². The van der Waals surface area contributed by atoms with Gasteiger partial charge in [-0.05, 0) is 24.6 Å². The fourth-order valence-corrected chi connectivity index (χ4v) is 5.48. The molecule has 148 valence electrons. The van der Waals surface area contributed by atoms with Gasteiger partial charge in [0.2, 0.25) is 21.8 Å². The van der Waals surface area contributed by atoms with Gasteiger partial charge in [0, 0.05) is 57.1 Å². The lowest BCUT2D eigenvalue weighted by atomic mass is 10.3. The Morgan fingerprint density at radius 2 is 1.78 bits per heavy atom. The predicted molar refractivity (Wildman–Crippen MR) is 102 cm³/mol. The highest BCUT2D eigenvalue weighted by molar-refractivity contribution is 7.89. The van der Waals surface area contributed by atoms with Crippen LogP contribution in [0, 0.1) is 0 Å². The molecule has 2 aliphatic heterocycles. The van der Waals surface area contributed by atoms with E-state index in [0.29, 0.717) is 37.6 Å². The number of halogens is 2. The van der Waals surface area contributed by atoms with E-state index in [4.69, 9.17) is 23.2 Å². The lowest BCUT2D eigenvalue weighted by Crippen LogP contribution is -2.51. The first kappa shape index (κ1) is 20.4. The molecule has 1 aromatic rings. The molecule has 0 bridgehead atoms. The van der Waals surface area contributed by atoms with Crippen LogP contribution in [-0.2, 0) is 19.6 Å². The van der Waals surface area contributed by atoms with Gasteiger partial charge in [-0.1, -0.05) is 23.2 Å². The van der Waals surface area contributed by atoms with Crippen LogP contribution in [0.1, 0.15) is 19.3 Å². The quantitative estimate of drug-likeness (QED) is 0.709. The second-order valence-electron chi connectivity index (χ2n) is 6.59. The average Bonchev–Trinajstić information content (AvgIpc) is 3.06. The molecule has 1 aromatic carbocycles. The van der Waals surface area contributed by atoms with Crippen molar-refractivity contribution < 1.29 is 18.0 Å². The lowest BCUT2D eigenvalue weighted by Gasteiger charge is -2.34. The molecule has 2 saturated heterocycles. The molecule has 2 heterocycles. The van der Waals surface area contributed by atoms with Crippen molar-refractivity contribution in [3.63, 3.8) is 0 Å². The zero-order valence-electron chi connectivity index (χ0n) is 14.7. The Labute approximate surface area is 168 Å². The number of likely N-dealkylation sites (tertiary alicyclic amines) is 1. The maximum atomic E-state index is 12.8. The van der Waals surface area contributed by atoms with Crippen LogP contribution in [0.5, 0.6) is 0 Å². The van der Waals surface area contributed by atoms with Gasteiger partial charge in [0.25, 0.3) is 0 Å². The number of benzene rings is 1. The summed E-state index contributed by atoms with van der Waals surface area (Å²) in [5.74, 6) is 0.0321. The fraction of sp³-hybridized carbons (Fsp3) is 0.529. The van der Waals surface area contributed by atoms with E-state index in [0.717, 1.165) is 6.42 Å². The molecule has 2 amide bonds. The molecule has 0 N–H and O–H groups in total. The third-order valence-corrected chi connectivity index (χ3v) is 7.48. The van der Waals surface area contributed by atoms with Crippen LogP contribution in [0.4, 0.5) is 0 Å². The maximum Gasteiger partial charge on any atom is 0.244 e. The minimum Gasteiger partial charge on any atom is -0.342 e. The molecule has 0 saturated carbocycles. The number of carbonyl (C=O) groups is 2. The van der Waals surface area contributed by atoms with Crippen molar-refractivity contribution in [2.24, 2.45) is 0 Å². The van der Waals surface area contributed by atoms with Crippen molar-refractivity contribution >= 4 is 45.0 Å². The van der Waals surface area contributed by atoms with Gasteiger partial charge in [-0.2, -0.15) is 4.31 Å². The number of carbonyl (C=O) groups excluding carboxylic acids is 2. The van der Waals surface area contributed by atoms with Crippen molar-refractivity contribution in [2.75, 3.05) is 39.3 Å². The first-order valence-corrected chi connectivity index (χ1v) is 11.0. The van der Waals surface area contributed by atoms with Gasteiger partial charge >= 0.3 is 0 Å². The minimum atomic E-state index is -3.77. The highest BCUT2D eigenvalue weighted by Gasteiger charge is 2.32. The van der Waals surface area contributed by atoms with Crippen LogP contribution in [0.15, 0.2) is 23.1 Å². The molecule has 2 fully saturated rings. The highest BCUT2D eigenvalue weighted by atomic mass is 35.5. The summed E-state index contributed by atoms with van der Waals surface area (Å²) >= 11 is 11.9. The van der Waals surface area contributed by atoms with Gasteiger partial charge in [0.1, 0.15) is 4.90 Å². The van der Waals surface area contributed by atoms with Crippen LogP contribution in [0.25, 0.3) is 0 Å². The number of hydrogen-bond donors (Lipinski definition) is 0. The van der Waals surface area contributed by atoms with Gasteiger partial charge in [-0.15, -0.1) is 0 Å². The topological polar surface area (TPSA) is 78.0 Å². The monoisotopic (exact) mass is 433 g/mol. The van der Waals surface area contributed by atoms with E-state index in [1.54, 1.807) is 9.80 Å². The second-order valence-corrected chi connectivity index (χ2v) is 9.34. The standard InChI is InChI=1S/C17H21Cl2N3O4S/c18-13-3-4-14(19)15(12-13)27(25,26)22-10-8-21(9-11-22)17(24)5-7-20-6-1-2-16(20)23/h3-4,12H,1-2,5-11H2. The molecule has 0 aliphatic carbocycles. The minimum absolute atomic E-state index is 0.0241. The third-order valence-electron chi connectivity index (χ3n) is 4.87. The molecule has 0 aromatic heterocycles. The van der Waals surface area contributed by atoms with Gasteiger partial charge in [-0.3, -0.25) is 9.59 Å². The maximum absolute atomic E-state index is 12.8. The molecular formula is C17H21Cl2N3O4S. The SMILES string of the molecule is O=C1CCCN1CCC(=O)N1CCN(S(=O)(=O)c2cc(Cl)ccc2Cl)CC1. The van der Waals surface area contributed by atoms with E-state index >= 15 is 0 Å². The summed E-state index contributed by atoms with van der Waals surface area (Å²) in [4.78, 5) is 27.3. The Bertz CT molecular complexity index is 839. The van der Waals surface area contributed by atoms with Crippen LogP contribution < -0.4 is 0 Å². The molecule has 27 heavy (non-hydrogen) atoms. The van der Waals surface area contributed by atoms with Crippen molar-refractivity contribution in [1.82, 2.24) is 14.1 Å². The Balaban J connectivity index is 1.57. The van der Waals surface area contributed by atoms with Gasteiger partial charge in [-0.25, -0.2) is 8.42 Å². The summed E-state index contributed by atoms with van der Waals surface area (Å²) in [7, 11) is -3.77. The molecule has 10 heteroatoms. The summed E-state index contributed by atoms with van der Waals surface area (Å²) in [5, 5.41) is 0.413. The Kier molecular flexibility index (Phi) is 6.30. The number of sulfonamides is 1. The van der Waals surface area contributed by atoms with Crippen molar-refractivity contribution in [3.05, 3.63) is 28.2 Å². The third kappa shape index (κ3) is 4.56. The van der Waals surface area contributed by atoms with Crippen molar-refractivity contribution in [2.45, 2.75) is 24.2 Å². The molecule has 0 radical (unpaired) electrons. The Morgan fingerprint density at radius 3 is 2.41 bits per heavy atom. The normalized spacial score (nSPS) is 19.0. The second kappa shape index (κ2) is 8.34. The zero-order chi connectivity index (χ0) is 19.6. The van der Waals surface area contributed by atoms with E-state index in [9.17, 15) is 18.0 Å². The van der Waals surface area contributed by atoms with Gasteiger partial charge in [0.05, 0.1) is 5.02 Å². The van der Waals surface area contributed by atoms with E-state index in [1.807, 2.05) is 0 Å². The van der Waals surface area contributed by atoms with E-state index < -0.39 is 10.0 Å². The smallest absolute Gasteiger partial charge is 0.244 e. The molecule has 0 atom stereocenters. The Morgan fingerprint density at radius 1 is 1.07 bits per heavy atom. The molecule has 2 aliphatic rings. The summed E-state index contributed by atoms with van der Waals surface area (Å²) in [5.41, 5.74) is 0. The number of amides is 2. The van der Waals surface area contributed by atoms with Crippen LogP contribution in [-0.4, -0.2) is 73.6 Å². The molecule has 3 rings (SSSR count). The van der Waals surface area contributed by atoms with E-state index in [1.165, 1.54) is 22.5 Å². The van der Waals surface area contributed by atoms with Gasteiger partial charge in [0.15, 0.2) is 0 Å². The van der Waals surface area contributed by atoms with E-state index in [-0.39, 0.29) is 41.2 Å². The first-order valence-electron chi connectivity index (χ1n) is 8.80. The van der Waals surface area contributed by atoms with Gasteiger partial charge < -0.3 is 9.80 Å². The molecular weight excluding hydrogens is 413 g/mol. The summed E-state index contributed by atoms with van der Waals surface area (Å²) in [6.45, 7) is 2.14. The number of piperazine rings is 1. The highest BCUT2D eigenvalue weighted by Crippen LogP contribution is 2.28. The summed E-state index contributed by atoms with van der Waals surface area (Å²) in [6, 6.07) is 4.32. The summed E-state index contributed by atoms with van der Waals surface area (Å²) < 4.78 is 26.9. The summed E-state index contributed by atoms with van der Waals surface area (Å²) in [6.07, 6.45) is 1.66. The molecule has 7 nitrogen and oxygen atoms in total. The van der Waals surface area contributed by atoms with E-state index in [2.05, 4.69) is 0 Å². The number of rotatable bonds is 5. The molecule has 0 unspecified atom stereocenters. The van der Waals surface area contributed by atoms with Crippen molar-refractivity contribution in [3.8, 4) is 0 Å². The largest absolute Gasteiger partial charge is 0.342 e. The Hall–Kier alpha value is -1.35. The first-order chi connectivity index (χ1) is 12.8. The number of hydrogen-bond acceptors (Lipinski definition) is 4. The lowest BCUT2D eigenvalue weighted by molar-refractivity contribution is -0.133. The molecule has 0 spiro atoms. The van der Waals surface area contributed by atoms with Crippen LogP contribution in [0.2, 0.25) is 10.0 Å². The predicted octanol–water partition coefficient (Wildman–Crippen LogP) is 1.84. The fourth-order valence-electron chi connectivity index (χ4n) is 3.32. The average molecular weight is 434 g/mol.